The molecule has 1 saturated heterocycles. The third kappa shape index (κ3) is 5.49. The third-order valence-electron chi connectivity index (χ3n) is 5.01. The van der Waals surface area contributed by atoms with Crippen molar-refractivity contribution in [2.24, 2.45) is 5.92 Å². The van der Waals surface area contributed by atoms with Crippen molar-refractivity contribution in [1.29, 1.82) is 0 Å². The van der Waals surface area contributed by atoms with Crippen molar-refractivity contribution in [2.45, 2.75) is 39.0 Å². The molecule has 1 heterocycles. The number of ether oxygens (including phenoxy) is 2. The molecular formula is C21H24ClNO6S. The normalized spacial score (nSPS) is 18.9. The molecule has 1 aromatic rings. The number of hydrogen-bond donors (Lipinski definition) is 1. The van der Waals surface area contributed by atoms with Crippen molar-refractivity contribution in [2.75, 3.05) is 19.8 Å². The summed E-state index contributed by atoms with van der Waals surface area (Å²) >= 11 is 7.18. The summed E-state index contributed by atoms with van der Waals surface area (Å²) < 4.78 is 10.8. The maximum absolute atomic E-state index is 12.8. The number of carbonyl (C=O) groups is 3. The van der Waals surface area contributed by atoms with Gasteiger partial charge in [-0.05, 0) is 61.2 Å². The number of nitrogens with zero attached hydrogens (tertiary/aromatic N) is 1. The summed E-state index contributed by atoms with van der Waals surface area (Å²) in [4.78, 5) is 37.7. The molecule has 30 heavy (non-hydrogen) atoms. The second-order valence-corrected chi connectivity index (χ2v) is 8.64. The van der Waals surface area contributed by atoms with Gasteiger partial charge in [0.25, 0.3) is 11.1 Å². The quantitative estimate of drug-likeness (QED) is 0.564. The predicted octanol–water partition coefficient (Wildman–Crippen LogP) is 4.82. The predicted molar refractivity (Wildman–Crippen MR) is 115 cm³/mol. The van der Waals surface area contributed by atoms with E-state index in [9.17, 15) is 14.4 Å². The van der Waals surface area contributed by atoms with Crippen LogP contribution in [0.2, 0.25) is 5.02 Å². The van der Waals surface area contributed by atoms with Gasteiger partial charge in [0.15, 0.2) is 18.1 Å². The molecule has 9 heteroatoms. The lowest BCUT2D eigenvalue weighted by Gasteiger charge is -2.25. The van der Waals surface area contributed by atoms with Crippen LogP contribution < -0.4 is 9.47 Å². The second kappa shape index (κ2) is 10.2. The smallest absolute Gasteiger partial charge is 0.341 e. The van der Waals surface area contributed by atoms with Gasteiger partial charge in [-0.25, -0.2) is 4.79 Å². The van der Waals surface area contributed by atoms with E-state index < -0.39 is 12.6 Å². The lowest BCUT2D eigenvalue weighted by atomic mass is 9.89. The van der Waals surface area contributed by atoms with Crippen LogP contribution >= 0.6 is 23.4 Å². The Hall–Kier alpha value is -2.19. The molecule has 162 valence electrons. The van der Waals surface area contributed by atoms with Crippen molar-refractivity contribution in [3.05, 3.63) is 27.6 Å². The van der Waals surface area contributed by atoms with Crippen LogP contribution in [0.25, 0.3) is 6.08 Å². The number of carboxylic acid groups (broad SMARTS) is 1. The van der Waals surface area contributed by atoms with Gasteiger partial charge in [-0.3, -0.25) is 14.5 Å². The molecule has 2 aliphatic rings. The first kappa shape index (κ1) is 22.5. The Bertz CT molecular complexity index is 865. The van der Waals surface area contributed by atoms with Crippen molar-refractivity contribution in [3.63, 3.8) is 0 Å². The van der Waals surface area contributed by atoms with E-state index in [0.717, 1.165) is 37.4 Å². The van der Waals surface area contributed by atoms with E-state index in [2.05, 4.69) is 0 Å². The number of benzene rings is 1. The van der Waals surface area contributed by atoms with Crippen LogP contribution in [0.5, 0.6) is 11.5 Å². The Morgan fingerprint density at radius 1 is 1.27 bits per heavy atom. The summed E-state index contributed by atoms with van der Waals surface area (Å²) in [5.74, 6) is -0.654. The Morgan fingerprint density at radius 2 is 2.00 bits per heavy atom. The highest BCUT2D eigenvalue weighted by atomic mass is 35.5. The van der Waals surface area contributed by atoms with E-state index in [1.165, 1.54) is 11.3 Å². The van der Waals surface area contributed by atoms with Crippen LogP contribution in [-0.2, 0) is 9.59 Å². The van der Waals surface area contributed by atoms with Gasteiger partial charge in [0.2, 0.25) is 0 Å². The second-order valence-electron chi connectivity index (χ2n) is 7.24. The highest BCUT2D eigenvalue weighted by molar-refractivity contribution is 8.18. The fourth-order valence-electron chi connectivity index (χ4n) is 3.64. The zero-order valence-corrected chi connectivity index (χ0v) is 18.3. The van der Waals surface area contributed by atoms with Gasteiger partial charge in [0.1, 0.15) is 0 Å². The summed E-state index contributed by atoms with van der Waals surface area (Å²) in [6, 6.07) is 3.16. The highest BCUT2D eigenvalue weighted by Gasteiger charge is 2.36. The molecule has 0 radical (unpaired) electrons. The number of thioether (sulfide) groups is 1. The van der Waals surface area contributed by atoms with E-state index >= 15 is 0 Å². The van der Waals surface area contributed by atoms with Crippen LogP contribution in [-0.4, -0.2) is 46.9 Å². The van der Waals surface area contributed by atoms with Crippen LogP contribution in [0.3, 0.4) is 0 Å². The van der Waals surface area contributed by atoms with Crippen LogP contribution in [0.4, 0.5) is 4.79 Å². The van der Waals surface area contributed by atoms with Crippen molar-refractivity contribution in [1.82, 2.24) is 4.90 Å². The first-order valence-electron chi connectivity index (χ1n) is 9.95. The number of halogens is 1. The number of imide groups is 1. The molecule has 0 aromatic heterocycles. The average Bonchev–Trinajstić information content (AvgIpc) is 2.95. The van der Waals surface area contributed by atoms with Gasteiger partial charge in [0, 0.05) is 6.54 Å². The monoisotopic (exact) mass is 453 g/mol. The van der Waals surface area contributed by atoms with Crippen molar-refractivity contribution in [3.8, 4) is 11.5 Å². The van der Waals surface area contributed by atoms with Gasteiger partial charge >= 0.3 is 5.97 Å². The number of rotatable bonds is 8. The fourth-order valence-corrected chi connectivity index (χ4v) is 4.77. The van der Waals surface area contributed by atoms with Crippen molar-refractivity contribution < 1.29 is 29.0 Å². The summed E-state index contributed by atoms with van der Waals surface area (Å²) in [7, 11) is 0. The van der Waals surface area contributed by atoms with E-state index in [1.807, 2.05) is 0 Å². The molecule has 3 rings (SSSR count). The molecule has 0 atom stereocenters. The molecule has 1 saturated carbocycles. The summed E-state index contributed by atoms with van der Waals surface area (Å²) in [6.45, 7) is 2.01. The summed E-state index contributed by atoms with van der Waals surface area (Å²) in [5.41, 5.74) is 0.564. The standard InChI is InChI=1S/C21H24ClNO6S/c1-2-28-16-9-14(8-15(22)19(16)29-12-18(24)25)10-17-20(26)23(21(27)30-17)11-13-6-4-3-5-7-13/h8-10,13H,2-7,11-12H2,1H3,(H,24,25)/b17-10+. The number of amides is 2. The van der Waals surface area contributed by atoms with Gasteiger partial charge in [0.05, 0.1) is 16.5 Å². The average molecular weight is 454 g/mol. The lowest BCUT2D eigenvalue weighted by molar-refractivity contribution is -0.139. The minimum atomic E-state index is -1.13. The minimum absolute atomic E-state index is 0.128. The maximum Gasteiger partial charge on any atom is 0.341 e. The number of aliphatic carboxylic acids is 1. The molecule has 1 aliphatic heterocycles. The van der Waals surface area contributed by atoms with Gasteiger partial charge in [-0.15, -0.1) is 0 Å². The fraction of sp³-hybridized carbons (Fsp3) is 0.476. The highest BCUT2D eigenvalue weighted by Crippen LogP contribution is 2.39. The zero-order valence-electron chi connectivity index (χ0n) is 16.7. The maximum atomic E-state index is 12.8. The molecule has 7 nitrogen and oxygen atoms in total. The molecule has 0 unspecified atom stereocenters. The van der Waals surface area contributed by atoms with Crippen molar-refractivity contribution >= 4 is 46.6 Å². The van der Waals surface area contributed by atoms with E-state index in [-0.39, 0.29) is 27.7 Å². The molecule has 0 bridgehead atoms. The Balaban J connectivity index is 1.80. The van der Waals surface area contributed by atoms with E-state index in [1.54, 1.807) is 25.1 Å². The molecule has 1 aromatic carbocycles. The van der Waals surface area contributed by atoms with E-state index in [0.29, 0.717) is 29.5 Å². The lowest BCUT2D eigenvalue weighted by Crippen LogP contribution is -2.34. The summed E-state index contributed by atoms with van der Waals surface area (Å²) in [5, 5.41) is 8.74. The number of carboxylic acids is 1. The first-order valence-corrected chi connectivity index (χ1v) is 11.1. The number of hydrogen-bond acceptors (Lipinski definition) is 6. The topological polar surface area (TPSA) is 93.1 Å². The molecule has 1 aliphatic carbocycles. The summed E-state index contributed by atoms with van der Waals surface area (Å²) in [6.07, 6.45) is 7.20. The Morgan fingerprint density at radius 3 is 2.67 bits per heavy atom. The van der Waals surface area contributed by atoms with Crippen LogP contribution in [0.15, 0.2) is 17.0 Å². The van der Waals surface area contributed by atoms with Gasteiger partial charge in [-0.2, -0.15) is 0 Å². The SMILES string of the molecule is CCOc1cc(/C=C2/SC(=O)N(CC3CCCCC3)C2=O)cc(Cl)c1OCC(=O)O. The van der Waals surface area contributed by atoms with Crippen LogP contribution in [0.1, 0.15) is 44.6 Å². The first-order chi connectivity index (χ1) is 14.4. The third-order valence-corrected chi connectivity index (χ3v) is 6.20. The largest absolute Gasteiger partial charge is 0.490 e. The molecule has 1 N–H and O–H groups in total. The van der Waals surface area contributed by atoms with Gasteiger partial charge in [-0.1, -0.05) is 30.9 Å². The van der Waals surface area contributed by atoms with Gasteiger partial charge < -0.3 is 14.6 Å². The molecule has 0 spiro atoms. The number of carbonyl (C=O) groups excluding carboxylic acids is 2. The zero-order chi connectivity index (χ0) is 21.7. The van der Waals surface area contributed by atoms with Crippen LogP contribution in [0, 0.1) is 5.92 Å². The molecule has 2 fully saturated rings. The Kier molecular flexibility index (Phi) is 7.66. The molecular weight excluding hydrogens is 430 g/mol. The molecule has 2 amide bonds. The van der Waals surface area contributed by atoms with E-state index in [4.69, 9.17) is 26.2 Å². The Labute approximate surface area is 184 Å². The minimum Gasteiger partial charge on any atom is -0.490 e.